The average Bonchev–Trinajstić information content (AvgIpc) is 2.84. The molecule has 3 aromatic rings. The van der Waals surface area contributed by atoms with Crippen LogP contribution in [0.3, 0.4) is 0 Å². The van der Waals surface area contributed by atoms with E-state index in [-0.39, 0.29) is 11.3 Å². The first-order valence-corrected chi connectivity index (χ1v) is 10.5. The van der Waals surface area contributed by atoms with E-state index in [1.165, 1.54) is 0 Å². The molecule has 0 atom stereocenters. The van der Waals surface area contributed by atoms with E-state index in [1.54, 1.807) is 19.2 Å². The molecule has 31 heavy (non-hydrogen) atoms. The van der Waals surface area contributed by atoms with Crippen molar-refractivity contribution in [2.24, 2.45) is 0 Å². The molecular formula is C26H27NO4. The standard InChI is InChI=1S/C26H27NO4/c1-29-24-10-6-5-9-23(24)26(15-17-30-18-16-26)19-27-25(28)20-11-13-22(14-12-20)31-21-7-3-2-4-8-21/h2-14H,15-19H2,1H3,(H,27,28). The highest BCUT2D eigenvalue weighted by Crippen LogP contribution is 2.39. The summed E-state index contributed by atoms with van der Waals surface area (Å²) in [6.45, 7) is 1.86. The molecule has 4 rings (SSSR count). The van der Waals surface area contributed by atoms with Crippen molar-refractivity contribution in [2.45, 2.75) is 18.3 Å². The Labute approximate surface area is 183 Å². The number of methoxy groups -OCH3 is 1. The number of rotatable bonds is 7. The summed E-state index contributed by atoms with van der Waals surface area (Å²) in [6.07, 6.45) is 1.66. The highest BCUT2D eigenvalue weighted by molar-refractivity contribution is 5.94. The van der Waals surface area contributed by atoms with Gasteiger partial charge in [-0.15, -0.1) is 0 Å². The van der Waals surface area contributed by atoms with E-state index in [9.17, 15) is 4.79 Å². The Hall–Kier alpha value is -3.31. The quantitative estimate of drug-likeness (QED) is 0.590. The highest BCUT2D eigenvalue weighted by atomic mass is 16.5. The molecule has 1 aliphatic heterocycles. The monoisotopic (exact) mass is 417 g/mol. The maximum Gasteiger partial charge on any atom is 0.251 e. The molecular weight excluding hydrogens is 390 g/mol. The molecule has 1 aliphatic rings. The molecule has 3 aromatic carbocycles. The van der Waals surface area contributed by atoms with Crippen LogP contribution in [0.5, 0.6) is 17.2 Å². The molecule has 0 spiro atoms. The van der Waals surface area contributed by atoms with Crippen LogP contribution in [0.1, 0.15) is 28.8 Å². The van der Waals surface area contributed by atoms with Crippen molar-refractivity contribution in [1.29, 1.82) is 0 Å². The second-order valence-electron chi connectivity index (χ2n) is 7.72. The molecule has 0 aromatic heterocycles. The second-order valence-corrected chi connectivity index (χ2v) is 7.72. The van der Waals surface area contributed by atoms with Crippen LogP contribution in [0, 0.1) is 0 Å². The molecule has 1 heterocycles. The minimum Gasteiger partial charge on any atom is -0.496 e. The first-order valence-electron chi connectivity index (χ1n) is 10.5. The second kappa shape index (κ2) is 9.67. The van der Waals surface area contributed by atoms with Crippen LogP contribution in [-0.2, 0) is 10.2 Å². The Balaban J connectivity index is 1.45. The van der Waals surface area contributed by atoms with Gasteiger partial charge >= 0.3 is 0 Å². The molecule has 1 fully saturated rings. The Morgan fingerprint density at radius 2 is 1.55 bits per heavy atom. The van der Waals surface area contributed by atoms with Crippen LogP contribution in [-0.4, -0.2) is 32.8 Å². The van der Waals surface area contributed by atoms with Crippen LogP contribution in [0.25, 0.3) is 0 Å². The van der Waals surface area contributed by atoms with Gasteiger partial charge in [-0.05, 0) is 55.3 Å². The summed E-state index contributed by atoms with van der Waals surface area (Å²) >= 11 is 0. The third-order valence-electron chi connectivity index (χ3n) is 5.81. The number of nitrogens with one attached hydrogen (secondary N) is 1. The fourth-order valence-corrected chi connectivity index (χ4v) is 4.04. The van der Waals surface area contributed by atoms with Gasteiger partial charge in [0.25, 0.3) is 5.91 Å². The van der Waals surface area contributed by atoms with Gasteiger partial charge < -0.3 is 19.5 Å². The number of carbonyl (C=O) groups excluding carboxylic acids is 1. The Kier molecular flexibility index (Phi) is 6.53. The van der Waals surface area contributed by atoms with Gasteiger partial charge in [0.1, 0.15) is 17.2 Å². The lowest BCUT2D eigenvalue weighted by Crippen LogP contribution is -2.44. The zero-order valence-electron chi connectivity index (χ0n) is 17.7. The Morgan fingerprint density at radius 1 is 0.903 bits per heavy atom. The van der Waals surface area contributed by atoms with Crippen molar-refractivity contribution >= 4 is 5.91 Å². The van der Waals surface area contributed by atoms with Gasteiger partial charge in [-0.25, -0.2) is 0 Å². The fraction of sp³-hybridized carbons (Fsp3) is 0.269. The van der Waals surface area contributed by atoms with Gasteiger partial charge in [-0.3, -0.25) is 4.79 Å². The maximum absolute atomic E-state index is 12.9. The van der Waals surface area contributed by atoms with Crippen LogP contribution in [0.15, 0.2) is 78.9 Å². The highest BCUT2D eigenvalue weighted by Gasteiger charge is 2.37. The number of carbonyl (C=O) groups is 1. The lowest BCUT2D eigenvalue weighted by Gasteiger charge is -2.38. The van der Waals surface area contributed by atoms with Gasteiger partial charge in [0, 0.05) is 36.3 Å². The minimum absolute atomic E-state index is 0.105. The van der Waals surface area contributed by atoms with Crippen molar-refractivity contribution < 1.29 is 19.0 Å². The molecule has 0 radical (unpaired) electrons. The van der Waals surface area contributed by atoms with Crippen molar-refractivity contribution in [3.8, 4) is 17.2 Å². The largest absolute Gasteiger partial charge is 0.496 e. The van der Waals surface area contributed by atoms with E-state index in [0.717, 1.165) is 29.9 Å². The summed E-state index contributed by atoms with van der Waals surface area (Å²) in [6, 6.07) is 24.8. The maximum atomic E-state index is 12.9. The molecule has 5 heteroatoms. The summed E-state index contributed by atoms with van der Waals surface area (Å²) in [5.74, 6) is 2.20. The third kappa shape index (κ3) is 4.89. The number of para-hydroxylation sites is 2. The third-order valence-corrected chi connectivity index (χ3v) is 5.81. The van der Waals surface area contributed by atoms with Gasteiger partial charge in [0.2, 0.25) is 0 Å². The predicted molar refractivity (Wildman–Crippen MR) is 120 cm³/mol. The molecule has 0 unspecified atom stereocenters. The van der Waals surface area contributed by atoms with Gasteiger partial charge in [0.15, 0.2) is 0 Å². The molecule has 5 nitrogen and oxygen atoms in total. The van der Waals surface area contributed by atoms with E-state index in [0.29, 0.717) is 31.1 Å². The van der Waals surface area contributed by atoms with Crippen molar-refractivity contribution in [3.63, 3.8) is 0 Å². The molecule has 0 aliphatic carbocycles. The Morgan fingerprint density at radius 3 is 2.26 bits per heavy atom. The molecule has 1 saturated heterocycles. The van der Waals surface area contributed by atoms with E-state index in [1.807, 2.05) is 60.7 Å². The van der Waals surface area contributed by atoms with Crippen molar-refractivity contribution in [3.05, 3.63) is 90.0 Å². The first-order chi connectivity index (χ1) is 15.2. The normalized spacial score (nSPS) is 15.1. The number of ether oxygens (including phenoxy) is 3. The zero-order valence-corrected chi connectivity index (χ0v) is 17.7. The molecule has 0 bridgehead atoms. The van der Waals surface area contributed by atoms with E-state index in [2.05, 4.69) is 11.4 Å². The van der Waals surface area contributed by atoms with Crippen LogP contribution >= 0.6 is 0 Å². The average molecular weight is 418 g/mol. The van der Waals surface area contributed by atoms with Gasteiger partial charge in [0.05, 0.1) is 7.11 Å². The number of hydrogen-bond acceptors (Lipinski definition) is 4. The lowest BCUT2D eigenvalue weighted by molar-refractivity contribution is 0.0479. The summed E-state index contributed by atoms with van der Waals surface area (Å²) in [5.41, 5.74) is 1.51. The first kappa shape index (κ1) is 20.9. The van der Waals surface area contributed by atoms with Gasteiger partial charge in [-0.1, -0.05) is 36.4 Å². The lowest BCUT2D eigenvalue weighted by atomic mass is 9.73. The van der Waals surface area contributed by atoms with Crippen molar-refractivity contribution in [2.75, 3.05) is 26.9 Å². The minimum atomic E-state index is -0.211. The topological polar surface area (TPSA) is 56.8 Å². The molecule has 1 amide bonds. The number of hydrogen-bond donors (Lipinski definition) is 1. The number of benzene rings is 3. The summed E-state index contributed by atoms with van der Waals surface area (Å²) < 4.78 is 17.0. The van der Waals surface area contributed by atoms with Crippen molar-refractivity contribution in [1.82, 2.24) is 5.32 Å². The summed E-state index contributed by atoms with van der Waals surface area (Å²) in [5, 5.41) is 3.14. The summed E-state index contributed by atoms with van der Waals surface area (Å²) in [4.78, 5) is 12.9. The predicted octanol–water partition coefficient (Wildman–Crippen LogP) is 4.97. The van der Waals surface area contributed by atoms with E-state index in [4.69, 9.17) is 14.2 Å². The van der Waals surface area contributed by atoms with E-state index >= 15 is 0 Å². The smallest absolute Gasteiger partial charge is 0.251 e. The SMILES string of the molecule is COc1ccccc1C1(CNC(=O)c2ccc(Oc3ccccc3)cc2)CCOCC1. The Bertz CT molecular complexity index is 995. The fourth-order valence-electron chi connectivity index (χ4n) is 4.04. The summed E-state index contributed by atoms with van der Waals surface area (Å²) in [7, 11) is 1.68. The zero-order chi connectivity index (χ0) is 21.5. The van der Waals surface area contributed by atoms with Crippen LogP contribution in [0.2, 0.25) is 0 Å². The van der Waals surface area contributed by atoms with E-state index < -0.39 is 0 Å². The molecule has 0 saturated carbocycles. The van der Waals surface area contributed by atoms with Crippen LogP contribution < -0.4 is 14.8 Å². The molecule has 1 N–H and O–H groups in total. The number of amides is 1. The van der Waals surface area contributed by atoms with Gasteiger partial charge in [-0.2, -0.15) is 0 Å². The van der Waals surface area contributed by atoms with Crippen LogP contribution in [0.4, 0.5) is 0 Å². The molecule has 160 valence electrons.